The molecule has 0 heterocycles. The minimum atomic E-state index is -0.0830. The van der Waals surface area contributed by atoms with Gasteiger partial charge in [-0.15, -0.1) is 0 Å². The largest absolute Gasteiger partial charge is 0.310 e. The first-order valence-electron chi connectivity index (χ1n) is 25.3. The fourth-order valence-corrected chi connectivity index (χ4v) is 11.7. The van der Waals surface area contributed by atoms with Gasteiger partial charge in [-0.1, -0.05) is 226 Å². The second kappa shape index (κ2) is 17.9. The van der Waals surface area contributed by atoms with E-state index in [-0.39, 0.29) is 11.3 Å². The molecule has 1 atom stereocenters. The molecule has 0 bridgehead atoms. The zero-order chi connectivity index (χ0) is 48.2. The maximum Gasteiger partial charge on any atom is 0.0473 e. The molecule has 342 valence electrons. The molecule has 0 saturated heterocycles. The number of nitrogens with zero attached hydrogens (tertiary/aromatic N) is 1. The number of anilines is 3. The molecule has 0 amide bonds. The van der Waals surface area contributed by atoms with Crippen LogP contribution in [0.1, 0.15) is 47.6 Å². The van der Waals surface area contributed by atoms with Crippen molar-refractivity contribution in [2.45, 2.75) is 31.6 Å². The summed E-state index contributed by atoms with van der Waals surface area (Å²) in [4.78, 5) is 2.45. The Balaban J connectivity index is 0.901. The fraction of sp³-hybridized carbons (Fsp3) is 0.0704. The fourth-order valence-electron chi connectivity index (χ4n) is 11.7. The normalized spacial score (nSPS) is 13.9. The first-order valence-corrected chi connectivity index (χ1v) is 25.3. The van der Waals surface area contributed by atoms with E-state index in [4.69, 9.17) is 0 Å². The van der Waals surface area contributed by atoms with Gasteiger partial charge in [-0.3, -0.25) is 0 Å². The van der Waals surface area contributed by atoms with E-state index in [1.807, 2.05) is 0 Å². The van der Waals surface area contributed by atoms with E-state index in [1.165, 1.54) is 106 Å². The summed E-state index contributed by atoms with van der Waals surface area (Å²) in [5, 5.41) is 0. The first-order chi connectivity index (χ1) is 35.4. The van der Waals surface area contributed by atoms with Crippen molar-refractivity contribution in [3.05, 3.63) is 295 Å². The van der Waals surface area contributed by atoms with Crippen molar-refractivity contribution in [3.8, 4) is 77.9 Å². The second-order valence-corrected chi connectivity index (χ2v) is 20.1. The Labute approximate surface area is 424 Å². The lowest BCUT2D eigenvalue weighted by atomic mass is 9.74. The van der Waals surface area contributed by atoms with Crippen molar-refractivity contribution in [2.75, 3.05) is 4.90 Å². The van der Waals surface area contributed by atoms with Gasteiger partial charge in [0.05, 0.1) is 0 Å². The van der Waals surface area contributed by atoms with Gasteiger partial charge in [0.15, 0.2) is 0 Å². The van der Waals surface area contributed by atoms with Crippen molar-refractivity contribution in [3.63, 3.8) is 0 Å². The van der Waals surface area contributed by atoms with Crippen LogP contribution in [-0.2, 0) is 11.8 Å². The molecular formula is C71H53N. The van der Waals surface area contributed by atoms with E-state index >= 15 is 0 Å². The van der Waals surface area contributed by atoms with Crippen molar-refractivity contribution in [1.82, 2.24) is 0 Å². The second-order valence-electron chi connectivity index (χ2n) is 20.1. The van der Waals surface area contributed by atoms with Crippen molar-refractivity contribution >= 4 is 17.1 Å². The van der Waals surface area contributed by atoms with Crippen molar-refractivity contribution in [2.24, 2.45) is 0 Å². The van der Waals surface area contributed by atoms with Crippen LogP contribution in [0.25, 0.3) is 77.9 Å². The lowest BCUT2D eigenvalue weighted by Crippen LogP contribution is -2.15. The number of rotatable bonds is 9. The molecule has 1 heteroatoms. The minimum absolute atomic E-state index is 0.0830. The molecule has 72 heavy (non-hydrogen) atoms. The van der Waals surface area contributed by atoms with Gasteiger partial charge in [-0.05, 0) is 167 Å². The van der Waals surface area contributed by atoms with Crippen molar-refractivity contribution in [1.29, 1.82) is 0 Å². The molecule has 11 aromatic rings. The third-order valence-electron chi connectivity index (χ3n) is 15.4. The van der Waals surface area contributed by atoms with E-state index in [9.17, 15) is 0 Å². The standard InChI is InChI=1S/C71H53N/c1-71(2)69-30-18-17-29-65(69)68-47-61(37-38-70(68)71)72(62-43-57(50-23-11-5-12-24-50)40-58(44-62)51-25-13-6-14-26-51)60-35-33-52(34-36-60)53-31-32-54-46-67(64-28-16-15-27-63(64)66(54)45-53)59-41-55(48-19-7-3-8-20-48)39-56(42-59)49-21-9-4-10-22-49/h3-45,47,67H,46H2,1-2H3. The summed E-state index contributed by atoms with van der Waals surface area (Å²) in [5.74, 6) is 0.220. The summed E-state index contributed by atoms with van der Waals surface area (Å²) in [6.45, 7) is 4.71. The molecule has 0 saturated carbocycles. The van der Waals surface area contributed by atoms with Crippen LogP contribution in [0, 0.1) is 0 Å². The summed E-state index contributed by atoms with van der Waals surface area (Å²) in [6.07, 6.45) is 0.933. The van der Waals surface area contributed by atoms with Crippen molar-refractivity contribution < 1.29 is 0 Å². The van der Waals surface area contributed by atoms with E-state index < -0.39 is 0 Å². The van der Waals surface area contributed by atoms with Gasteiger partial charge in [0.2, 0.25) is 0 Å². The summed E-state index contributed by atoms with van der Waals surface area (Å²) in [5.41, 5.74) is 27.5. The smallest absolute Gasteiger partial charge is 0.0473 e. The van der Waals surface area contributed by atoms with Crippen LogP contribution in [-0.4, -0.2) is 0 Å². The quantitative estimate of drug-likeness (QED) is 0.139. The highest BCUT2D eigenvalue weighted by Gasteiger charge is 2.36. The molecule has 0 aliphatic heterocycles. The maximum absolute atomic E-state index is 2.45. The third kappa shape index (κ3) is 7.75. The van der Waals surface area contributed by atoms with Gasteiger partial charge >= 0.3 is 0 Å². The third-order valence-corrected chi connectivity index (χ3v) is 15.4. The molecule has 0 radical (unpaired) electrons. The van der Waals surface area contributed by atoms with Crippen LogP contribution >= 0.6 is 0 Å². The monoisotopic (exact) mass is 919 g/mol. The molecule has 11 aromatic carbocycles. The SMILES string of the molecule is CC1(C)c2ccccc2-c2cc(N(c3ccc(-c4ccc5c(c4)-c4ccccc4C(c4cc(-c6ccccc6)cc(-c6ccccc6)c4)C5)cc3)c3cc(-c4ccccc4)cc(-c4ccccc4)c3)ccc21. The average molecular weight is 920 g/mol. The lowest BCUT2D eigenvalue weighted by Gasteiger charge is -2.30. The highest BCUT2D eigenvalue weighted by Crippen LogP contribution is 2.52. The summed E-state index contributed by atoms with van der Waals surface area (Å²) in [6, 6.07) is 99.0. The maximum atomic E-state index is 2.45. The van der Waals surface area contributed by atoms with E-state index in [0.29, 0.717) is 0 Å². The molecule has 1 unspecified atom stereocenters. The molecule has 13 rings (SSSR count). The van der Waals surface area contributed by atoms with Gasteiger partial charge in [0.25, 0.3) is 0 Å². The Hall–Kier alpha value is -8.78. The van der Waals surface area contributed by atoms with Crippen LogP contribution in [0.2, 0.25) is 0 Å². The highest BCUT2D eigenvalue weighted by molar-refractivity contribution is 5.90. The van der Waals surface area contributed by atoms with E-state index in [1.54, 1.807) is 0 Å². The molecule has 0 spiro atoms. The summed E-state index contributed by atoms with van der Waals surface area (Å²) >= 11 is 0. The summed E-state index contributed by atoms with van der Waals surface area (Å²) in [7, 11) is 0. The van der Waals surface area contributed by atoms with Crippen LogP contribution < -0.4 is 4.90 Å². The molecule has 0 aromatic heterocycles. The first kappa shape index (κ1) is 43.3. The summed E-state index contributed by atoms with van der Waals surface area (Å²) < 4.78 is 0. The lowest BCUT2D eigenvalue weighted by molar-refractivity contribution is 0.660. The number of benzene rings is 11. The van der Waals surface area contributed by atoms with E-state index in [2.05, 4.69) is 286 Å². The zero-order valence-corrected chi connectivity index (χ0v) is 40.6. The molecular weight excluding hydrogens is 867 g/mol. The van der Waals surface area contributed by atoms with Crippen LogP contribution in [0.15, 0.2) is 267 Å². The van der Waals surface area contributed by atoms with Gasteiger partial charge < -0.3 is 4.90 Å². The number of fused-ring (bicyclic) bond motifs is 6. The average Bonchev–Trinajstić information content (AvgIpc) is 3.68. The van der Waals surface area contributed by atoms with Crippen LogP contribution in [0.4, 0.5) is 17.1 Å². The van der Waals surface area contributed by atoms with Crippen LogP contribution in [0.5, 0.6) is 0 Å². The molecule has 2 aliphatic rings. The minimum Gasteiger partial charge on any atom is -0.310 e. The Kier molecular flexibility index (Phi) is 10.7. The Morgan fingerprint density at radius 3 is 1.35 bits per heavy atom. The zero-order valence-electron chi connectivity index (χ0n) is 40.6. The van der Waals surface area contributed by atoms with Gasteiger partial charge in [-0.25, -0.2) is 0 Å². The number of hydrogen-bond acceptors (Lipinski definition) is 1. The molecule has 2 aliphatic carbocycles. The Morgan fingerprint density at radius 1 is 0.306 bits per heavy atom. The topological polar surface area (TPSA) is 3.24 Å². The van der Waals surface area contributed by atoms with Gasteiger partial charge in [0.1, 0.15) is 0 Å². The van der Waals surface area contributed by atoms with Gasteiger partial charge in [-0.2, -0.15) is 0 Å². The predicted octanol–water partition coefficient (Wildman–Crippen LogP) is 19.2. The molecule has 0 fully saturated rings. The van der Waals surface area contributed by atoms with Crippen LogP contribution in [0.3, 0.4) is 0 Å². The number of hydrogen-bond donors (Lipinski definition) is 0. The molecule has 1 nitrogen and oxygen atoms in total. The Bertz CT molecular complexity index is 3660. The van der Waals surface area contributed by atoms with E-state index in [0.717, 1.165) is 23.5 Å². The Morgan fingerprint density at radius 2 is 0.764 bits per heavy atom. The highest BCUT2D eigenvalue weighted by atomic mass is 15.1. The predicted molar refractivity (Wildman–Crippen MR) is 303 cm³/mol. The van der Waals surface area contributed by atoms with Gasteiger partial charge in [0, 0.05) is 28.4 Å². The molecule has 0 N–H and O–H groups in total.